The van der Waals surface area contributed by atoms with Gasteiger partial charge in [-0.3, -0.25) is 9.59 Å². The van der Waals surface area contributed by atoms with Crippen LogP contribution in [0.1, 0.15) is 10.5 Å². The minimum Gasteiger partial charge on any atom is -0.334 e. The van der Waals surface area contributed by atoms with Gasteiger partial charge in [0.05, 0.1) is 44.6 Å². The summed E-state index contributed by atoms with van der Waals surface area (Å²) in [6.07, 6.45) is 0. The van der Waals surface area contributed by atoms with Gasteiger partial charge in [0, 0.05) is 12.4 Å². The van der Waals surface area contributed by atoms with Gasteiger partial charge in [0.25, 0.3) is 5.91 Å². The molecule has 24 heavy (non-hydrogen) atoms. The van der Waals surface area contributed by atoms with Gasteiger partial charge in [-0.1, -0.05) is 6.07 Å². The summed E-state index contributed by atoms with van der Waals surface area (Å²) in [5.41, 5.74) is 0.404. The van der Waals surface area contributed by atoms with Crippen molar-refractivity contribution in [3.05, 3.63) is 28.6 Å². The number of piperazine rings is 1. The highest BCUT2D eigenvalue weighted by atomic mass is 32.1. The number of hydrogen-bond acceptors (Lipinski definition) is 5. The van der Waals surface area contributed by atoms with Crippen molar-refractivity contribution in [1.29, 1.82) is 0 Å². The van der Waals surface area contributed by atoms with Gasteiger partial charge in [-0.05, 0) is 11.4 Å². The summed E-state index contributed by atoms with van der Waals surface area (Å²) in [7, 11) is 3.79. The van der Waals surface area contributed by atoms with Crippen molar-refractivity contribution in [3.63, 3.8) is 0 Å². The summed E-state index contributed by atoms with van der Waals surface area (Å²) in [6, 6.07) is 3.95. The third-order valence-electron chi connectivity index (χ3n) is 4.14. The lowest BCUT2D eigenvalue weighted by atomic mass is 10.3. The first-order valence-electron chi connectivity index (χ1n) is 7.88. The second-order valence-electron chi connectivity index (χ2n) is 6.01. The molecule has 0 saturated carbocycles. The lowest BCUT2D eigenvalue weighted by Crippen LogP contribution is -3.12. The molecule has 0 spiro atoms. The van der Waals surface area contributed by atoms with E-state index in [2.05, 4.69) is 12.0 Å². The standard InChI is InChI=1S/C16H20N4O2S2/c1-18-5-7-20(8-6-18)14(21)10-19(2)16(22)12-11-24-15(17-12)13-4-3-9-23-13/h3-4,9,11H,5-8,10H2,1-2H3/p+1. The molecular weight excluding hydrogens is 344 g/mol. The van der Waals surface area contributed by atoms with Gasteiger partial charge in [-0.25, -0.2) is 4.98 Å². The van der Waals surface area contributed by atoms with Crippen LogP contribution in [-0.2, 0) is 4.79 Å². The number of nitrogens with one attached hydrogen (secondary N) is 1. The summed E-state index contributed by atoms with van der Waals surface area (Å²) in [5, 5.41) is 4.59. The molecule has 0 radical (unpaired) electrons. The molecule has 0 bridgehead atoms. The van der Waals surface area contributed by atoms with Gasteiger partial charge in [-0.15, -0.1) is 22.7 Å². The maximum Gasteiger partial charge on any atom is 0.273 e. The molecule has 1 aliphatic rings. The van der Waals surface area contributed by atoms with Crippen molar-refractivity contribution in [1.82, 2.24) is 14.8 Å². The highest BCUT2D eigenvalue weighted by Gasteiger charge is 2.24. The maximum atomic E-state index is 12.5. The molecule has 6 nitrogen and oxygen atoms in total. The molecule has 128 valence electrons. The number of nitrogens with zero attached hydrogens (tertiary/aromatic N) is 3. The fourth-order valence-electron chi connectivity index (χ4n) is 2.59. The van der Waals surface area contributed by atoms with Gasteiger partial charge in [-0.2, -0.15) is 0 Å². The normalized spacial score (nSPS) is 15.5. The fourth-order valence-corrected chi connectivity index (χ4v) is 4.20. The summed E-state index contributed by atoms with van der Waals surface area (Å²) < 4.78 is 0. The van der Waals surface area contributed by atoms with Crippen LogP contribution >= 0.6 is 22.7 Å². The van der Waals surface area contributed by atoms with E-state index in [4.69, 9.17) is 0 Å². The number of likely N-dealkylation sites (N-methyl/N-ethyl adjacent to an activating group) is 2. The lowest BCUT2D eigenvalue weighted by Gasteiger charge is -2.31. The van der Waals surface area contributed by atoms with Gasteiger partial charge in [0.2, 0.25) is 5.91 Å². The van der Waals surface area contributed by atoms with E-state index < -0.39 is 0 Å². The monoisotopic (exact) mass is 365 g/mol. The van der Waals surface area contributed by atoms with Crippen molar-refractivity contribution >= 4 is 34.5 Å². The first kappa shape index (κ1) is 17.1. The number of amides is 2. The van der Waals surface area contributed by atoms with Crippen LogP contribution < -0.4 is 4.90 Å². The Morgan fingerprint density at radius 1 is 1.33 bits per heavy atom. The first-order chi connectivity index (χ1) is 11.5. The molecule has 1 saturated heterocycles. The third-order valence-corrected chi connectivity index (χ3v) is 6.03. The summed E-state index contributed by atoms with van der Waals surface area (Å²) >= 11 is 3.05. The van der Waals surface area contributed by atoms with Crippen LogP contribution in [0.2, 0.25) is 0 Å². The summed E-state index contributed by atoms with van der Waals surface area (Å²) in [5.74, 6) is -0.200. The van der Waals surface area contributed by atoms with Crippen LogP contribution in [0.4, 0.5) is 0 Å². The number of quaternary nitrogens is 1. The second kappa shape index (κ2) is 7.42. The highest BCUT2D eigenvalue weighted by molar-refractivity contribution is 7.20. The highest BCUT2D eigenvalue weighted by Crippen LogP contribution is 2.28. The van der Waals surface area contributed by atoms with E-state index in [9.17, 15) is 9.59 Å². The Kier molecular flexibility index (Phi) is 5.27. The van der Waals surface area contributed by atoms with Crippen LogP contribution in [-0.4, -0.2) is 73.4 Å². The first-order valence-corrected chi connectivity index (χ1v) is 9.64. The Morgan fingerprint density at radius 3 is 2.75 bits per heavy atom. The van der Waals surface area contributed by atoms with E-state index in [0.29, 0.717) is 5.69 Å². The van der Waals surface area contributed by atoms with Gasteiger partial charge < -0.3 is 14.7 Å². The molecule has 8 heteroatoms. The number of carbonyl (C=O) groups is 2. The number of hydrogen-bond donors (Lipinski definition) is 1. The zero-order valence-corrected chi connectivity index (χ0v) is 15.5. The Bertz CT molecular complexity index is 705. The van der Waals surface area contributed by atoms with E-state index in [1.54, 1.807) is 23.8 Å². The topological polar surface area (TPSA) is 58.0 Å². The quantitative estimate of drug-likeness (QED) is 0.848. The molecule has 0 aliphatic carbocycles. The zero-order valence-electron chi connectivity index (χ0n) is 13.8. The molecule has 2 aromatic heterocycles. The molecule has 0 unspecified atom stereocenters. The number of rotatable bonds is 4. The molecule has 0 atom stereocenters. The Morgan fingerprint density at radius 2 is 2.08 bits per heavy atom. The molecule has 2 aromatic rings. The lowest BCUT2D eigenvalue weighted by molar-refractivity contribution is -0.883. The van der Waals surface area contributed by atoms with Gasteiger partial charge >= 0.3 is 0 Å². The van der Waals surface area contributed by atoms with Crippen LogP contribution in [0, 0.1) is 0 Å². The number of aromatic nitrogens is 1. The number of thiophene rings is 1. The van der Waals surface area contributed by atoms with E-state index in [1.165, 1.54) is 21.1 Å². The molecule has 2 amide bonds. The van der Waals surface area contributed by atoms with Crippen molar-refractivity contribution < 1.29 is 14.5 Å². The van der Waals surface area contributed by atoms with Gasteiger partial charge in [0.1, 0.15) is 10.7 Å². The van der Waals surface area contributed by atoms with Gasteiger partial charge in [0.15, 0.2) is 0 Å². The van der Waals surface area contributed by atoms with Crippen LogP contribution in [0.3, 0.4) is 0 Å². The summed E-state index contributed by atoms with van der Waals surface area (Å²) in [6.45, 7) is 3.53. The number of thiazole rings is 1. The average molecular weight is 366 g/mol. The molecule has 1 N–H and O–H groups in total. The zero-order chi connectivity index (χ0) is 17.1. The minimum atomic E-state index is -0.206. The fraction of sp³-hybridized carbons (Fsp3) is 0.438. The molecular formula is C16H21N4O2S2+. The molecule has 1 aliphatic heterocycles. The van der Waals surface area contributed by atoms with Crippen molar-refractivity contribution in [2.24, 2.45) is 0 Å². The Balaban J connectivity index is 1.59. The van der Waals surface area contributed by atoms with E-state index in [1.807, 2.05) is 22.4 Å². The van der Waals surface area contributed by atoms with E-state index >= 15 is 0 Å². The molecule has 1 fully saturated rings. The summed E-state index contributed by atoms with van der Waals surface area (Å²) in [4.78, 5) is 35.1. The smallest absolute Gasteiger partial charge is 0.273 e. The molecule has 3 rings (SSSR count). The Labute approximate surface area is 149 Å². The largest absolute Gasteiger partial charge is 0.334 e. The predicted molar refractivity (Wildman–Crippen MR) is 95.6 cm³/mol. The van der Waals surface area contributed by atoms with E-state index in [-0.39, 0.29) is 18.4 Å². The third kappa shape index (κ3) is 3.82. The second-order valence-corrected chi connectivity index (χ2v) is 7.82. The van der Waals surface area contributed by atoms with E-state index in [0.717, 1.165) is 36.1 Å². The molecule has 0 aromatic carbocycles. The minimum absolute atomic E-state index is 0.00654. The Hall–Kier alpha value is -1.77. The van der Waals surface area contributed by atoms with Crippen molar-refractivity contribution in [2.75, 3.05) is 46.8 Å². The maximum absolute atomic E-state index is 12.5. The van der Waals surface area contributed by atoms with Crippen LogP contribution in [0.5, 0.6) is 0 Å². The molecule has 3 heterocycles. The van der Waals surface area contributed by atoms with Crippen LogP contribution in [0.25, 0.3) is 9.88 Å². The van der Waals surface area contributed by atoms with Crippen molar-refractivity contribution in [2.45, 2.75) is 0 Å². The van der Waals surface area contributed by atoms with Crippen molar-refractivity contribution in [3.8, 4) is 9.88 Å². The van der Waals surface area contributed by atoms with Crippen LogP contribution in [0.15, 0.2) is 22.9 Å². The average Bonchev–Trinajstić information content (AvgIpc) is 3.25. The number of carbonyl (C=O) groups excluding carboxylic acids is 2. The predicted octanol–water partition coefficient (Wildman–Crippen LogP) is 0.301. The SMILES string of the molecule is CN(CC(=O)N1CC[NH+](C)CC1)C(=O)c1csc(-c2cccs2)n1.